The number of benzene rings is 2. The summed E-state index contributed by atoms with van der Waals surface area (Å²) in [4.78, 5) is 23.0. The number of nitriles is 1. The second-order valence-corrected chi connectivity index (χ2v) is 5.00. The number of carbonyl (C=O) groups excluding carboxylic acids is 1. The van der Waals surface area contributed by atoms with Gasteiger partial charge in [0, 0.05) is 10.7 Å². The normalized spacial score (nSPS) is 10.7. The van der Waals surface area contributed by atoms with Gasteiger partial charge in [-0.3, -0.25) is 4.79 Å². The molecule has 2 rings (SSSR count). The maximum atomic E-state index is 12.1. The van der Waals surface area contributed by atoms with Crippen molar-refractivity contribution in [1.29, 1.82) is 5.26 Å². The number of hydrogen-bond donors (Lipinski definition) is 2. The summed E-state index contributed by atoms with van der Waals surface area (Å²) in [5, 5.41) is 21.1. The molecule has 5 nitrogen and oxygen atoms in total. The highest BCUT2D eigenvalue weighted by Crippen LogP contribution is 2.16. The fourth-order valence-corrected chi connectivity index (χ4v) is 2.04. The van der Waals surface area contributed by atoms with Crippen molar-refractivity contribution in [1.82, 2.24) is 0 Å². The summed E-state index contributed by atoms with van der Waals surface area (Å²) < 4.78 is 0. The minimum absolute atomic E-state index is 0.0418. The van der Waals surface area contributed by atoms with E-state index in [9.17, 15) is 9.59 Å². The zero-order valence-electron chi connectivity index (χ0n) is 11.8. The third-order valence-electron chi connectivity index (χ3n) is 2.89. The van der Waals surface area contributed by atoms with Crippen molar-refractivity contribution in [3.63, 3.8) is 0 Å². The van der Waals surface area contributed by atoms with Gasteiger partial charge in [0.25, 0.3) is 5.91 Å². The lowest BCUT2D eigenvalue weighted by molar-refractivity contribution is -0.112. The third kappa shape index (κ3) is 4.43. The number of rotatable bonds is 4. The van der Waals surface area contributed by atoms with Crippen molar-refractivity contribution in [2.24, 2.45) is 0 Å². The van der Waals surface area contributed by atoms with Crippen LogP contribution in [0, 0.1) is 11.3 Å². The number of anilines is 1. The number of nitrogens with zero attached hydrogens (tertiary/aromatic N) is 1. The van der Waals surface area contributed by atoms with Gasteiger partial charge < -0.3 is 10.4 Å². The Morgan fingerprint density at radius 1 is 1.17 bits per heavy atom. The predicted octanol–water partition coefficient (Wildman–Crippen LogP) is 3.58. The first-order valence-electron chi connectivity index (χ1n) is 6.51. The van der Waals surface area contributed by atoms with E-state index < -0.39 is 11.9 Å². The Balaban J connectivity index is 2.23. The maximum absolute atomic E-state index is 12.1. The zero-order chi connectivity index (χ0) is 16.8. The number of carboxylic acid groups (broad SMARTS) is 1. The van der Waals surface area contributed by atoms with Gasteiger partial charge >= 0.3 is 5.97 Å². The second kappa shape index (κ2) is 7.25. The first kappa shape index (κ1) is 16.3. The van der Waals surface area contributed by atoms with Gasteiger partial charge in [-0.25, -0.2) is 4.79 Å². The molecule has 0 spiro atoms. The molecule has 2 N–H and O–H groups in total. The number of halogens is 1. The van der Waals surface area contributed by atoms with Gasteiger partial charge in [0.05, 0.1) is 5.56 Å². The quantitative estimate of drug-likeness (QED) is 0.663. The first-order chi connectivity index (χ1) is 11.0. The summed E-state index contributed by atoms with van der Waals surface area (Å²) in [5.41, 5.74) is 0.832. The smallest absolute Gasteiger partial charge is 0.335 e. The highest BCUT2D eigenvalue weighted by atomic mass is 35.5. The molecular weight excluding hydrogens is 316 g/mol. The number of amides is 1. The summed E-state index contributed by atoms with van der Waals surface area (Å²) in [6, 6.07) is 14.3. The van der Waals surface area contributed by atoms with Crippen molar-refractivity contribution in [3.05, 3.63) is 70.3 Å². The second-order valence-electron chi connectivity index (χ2n) is 4.56. The van der Waals surface area contributed by atoms with E-state index in [0.29, 0.717) is 16.3 Å². The van der Waals surface area contributed by atoms with Crippen LogP contribution >= 0.6 is 11.6 Å². The van der Waals surface area contributed by atoms with E-state index in [1.807, 2.05) is 6.07 Å². The Morgan fingerprint density at radius 3 is 2.57 bits per heavy atom. The lowest BCUT2D eigenvalue weighted by Crippen LogP contribution is -2.13. The Morgan fingerprint density at radius 2 is 1.91 bits per heavy atom. The third-order valence-corrected chi connectivity index (χ3v) is 3.13. The van der Waals surface area contributed by atoms with E-state index in [1.165, 1.54) is 24.3 Å². The van der Waals surface area contributed by atoms with Gasteiger partial charge in [-0.05, 0) is 42.0 Å². The molecule has 2 aromatic rings. The maximum Gasteiger partial charge on any atom is 0.335 e. The SMILES string of the molecule is N#C/C(=C/c1cccc(Cl)c1)C(=O)Nc1cccc(C(=O)O)c1. The topological polar surface area (TPSA) is 90.2 Å². The summed E-state index contributed by atoms with van der Waals surface area (Å²) in [6.45, 7) is 0. The highest BCUT2D eigenvalue weighted by Gasteiger charge is 2.11. The molecule has 1 amide bonds. The van der Waals surface area contributed by atoms with Gasteiger partial charge in [-0.2, -0.15) is 5.26 Å². The summed E-state index contributed by atoms with van der Waals surface area (Å²) in [7, 11) is 0. The van der Waals surface area contributed by atoms with Crippen LogP contribution in [-0.2, 0) is 4.79 Å². The highest BCUT2D eigenvalue weighted by molar-refractivity contribution is 6.30. The molecular formula is C17H11ClN2O3. The van der Waals surface area contributed by atoms with Crippen molar-refractivity contribution in [2.75, 3.05) is 5.32 Å². The van der Waals surface area contributed by atoms with Crippen LogP contribution in [0.3, 0.4) is 0 Å². The van der Waals surface area contributed by atoms with Crippen molar-refractivity contribution >= 4 is 35.2 Å². The molecule has 0 aliphatic heterocycles. The van der Waals surface area contributed by atoms with Gasteiger partial charge in [-0.1, -0.05) is 29.8 Å². The number of aromatic carboxylic acids is 1. The molecule has 114 valence electrons. The molecule has 2 aromatic carbocycles. The Kier molecular flexibility index (Phi) is 5.13. The summed E-state index contributed by atoms with van der Waals surface area (Å²) in [5.74, 6) is -1.73. The molecule has 0 atom stereocenters. The van der Waals surface area contributed by atoms with E-state index in [-0.39, 0.29) is 11.1 Å². The average molecular weight is 327 g/mol. The summed E-state index contributed by atoms with van der Waals surface area (Å²) >= 11 is 5.86. The number of nitrogens with one attached hydrogen (secondary N) is 1. The van der Waals surface area contributed by atoms with E-state index in [0.717, 1.165) is 0 Å². The van der Waals surface area contributed by atoms with Crippen LogP contribution in [0.5, 0.6) is 0 Å². The molecule has 0 saturated carbocycles. The molecule has 0 fully saturated rings. The van der Waals surface area contributed by atoms with Crippen LogP contribution in [-0.4, -0.2) is 17.0 Å². The van der Waals surface area contributed by atoms with Crippen molar-refractivity contribution in [3.8, 4) is 6.07 Å². The Hall–Kier alpha value is -3.10. The van der Waals surface area contributed by atoms with Crippen LogP contribution in [0.25, 0.3) is 6.08 Å². The predicted molar refractivity (Wildman–Crippen MR) is 87.1 cm³/mol. The molecule has 0 bridgehead atoms. The molecule has 0 heterocycles. The van der Waals surface area contributed by atoms with Crippen molar-refractivity contribution in [2.45, 2.75) is 0 Å². The van der Waals surface area contributed by atoms with Crippen LogP contribution in [0.2, 0.25) is 5.02 Å². The van der Waals surface area contributed by atoms with E-state index >= 15 is 0 Å². The number of carboxylic acids is 1. The lowest BCUT2D eigenvalue weighted by Gasteiger charge is -2.05. The van der Waals surface area contributed by atoms with Crippen LogP contribution in [0.1, 0.15) is 15.9 Å². The van der Waals surface area contributed by atoms with Gasteiger partial charge in [0.15, 0.2) is 0 Å². The van der Waals surface area contributed by atoms with Crippen LogP contribution in [0.15, 0.2) is 54.1 Å². The van der Waals surface area contributed by atoms with Crippen LogP contribution in [0.4, 0.5) is 5.69 Å². The van der Waals surface area contributed by atoms with E-state index in [4.69, 9.17) is 22.0 Å². The first-order valence-corrected chi connectivity index (χ1v) is 6.89. The fraction of sp³-hybridized carbons (Fsp3) is 0. The Bertz CT molecular complexity index is 838. The number of carbonyl (C=O) groups is 2. The minimum Gasteiger partial charge on any atom is -0.478 e. The monoisotopic (exact) mass is 326 g/mol. The molecule has 23 heavy (non-hydrogen) atoms. The van der Waals surface area contributed by atoms with Gasteiger partial charge in [0.2, 0.25) is 0 Å². The molecule has 0 aliphatic rings. The standard InChI is InChI=1S/C17H11ClN2O3/c18-14-5-1-3-11(8-14)7-13(10-19)16(21)20-15-6-2-4-12(9-15)17(22)23/h1-9H,(H,20,21)(H,22,23)/b13-7-. The fourth-order valence-electron chi connectivity index (χ4n) is 1.84. The molecule has 6 heteroatoms. The van der Waals surface area contributed by atoms with Gasteiger partial charge in [-0.15, -0.1) is 0 Å². The van der Waals surface area contributed by atoms with E-state index in [1.54, 1.807) is 30.3 Å². The largest absolute Gasteiger partial charge is 0.478 e. The van der Waals surface area contributed by atoms with Crippen LogP contribution < -0.4 is 5.32 Å². The summed E-state index contributed by atoms with van der Waals surface area (Å²) in [6.07, 6.45) is 1.41. The zero-order valence-corrected chi connectivity index (χ0v) is 12.5. The molecule has 0 aliphatic carbocycles. The van der Waals surface area contributed by atoms with E-state index in [2.05, 4.69) is 5.32 Å². The van der Waals surface area contributed by atoms with Crippen molar-refractivity contribution < 1.29 is 14.7 Å². The minimum atomic E-state index is -1.10. The molecule has 0 saturated heterocycles. The molecule has 0 radical (unpaired) electrons. The average Bonchev–Trinajstić information content (AvgIpc) is 2.52. The number of hydrogen-bond acceptors (Lipinski definition) is 3. The Labute approximate surface area is 137 Å². The lowest BCUT2D eigenvalue weighted by atomic mass is 10.1. The van der Waals surface area contributed by atoms with Gasteiger partial charge in [0.1, 0.15) is 11.6 Å². The molecule has 0 unspecified atom stereocenters. The molecule has 0 aromatic heterocycles.